The minimum absolute atomic E-state index is 0.0662. The SMILES string of the molecule is CC(C)=CCC/C(C)=C/CC/C(C)=C/CC[C@@H]1[C@@]2(C)CCC(O)C(C)(C)[C@@H]2CC[C@@]1(C)O. The average Bonchev–Trinajstić information content (AvgIpc) is 2.67. The van der Waals surface area contributed by atoms with Crippen LogP contribution in [0.3, 0.4) is 0 Å². The Morgan fingerprint density at radius 2 is 1.38 bits per heavy atom. The molecule has 2 rings (SSSR count). The fourth-order valence-corrected chi connectivity index (χ4v) is 6.99. The molecular weight excluding hydrogens is 392 g/mol. The van der Waals surface area contributed by atoms with Crippen molar-refractivity contribution in [3.05, 3.63) is 34.9 Å². The highest BCUT2D eigenvalue weighted by Crippen LogP contribution is 2.62. The Labute approximate surface area is 199 Å². The Hall–Kier alpha value is -0.860. The number of rotatable bonds is 9. The normalized spacial score (nSPS) is 35.4. The van der Waals surface area contributed by atoms with Gasteiger partial charge >= 0.3 is 0 Å². The lowest BCUT2D eigenvalue weighted by molar-refractivity contribution is -0.195. The van der Waals surface area contributed by atoms with Gasteiger partial charge in [-0.25, -0.2) is 0 Å². The van der Waals surface area contributed by atoms with Gasteiger partial charge in [0.25, 0.3) is 0 Å². The van der Waals surface area contributed by atoms with Crippen LogP contribution >= 0.6 is 0 Å². The van der Waals surface area contributed by atoms with Gasteiger partial charge < -0.3 is 10.2 Å². The zero-order valence-electron chi connectivity index (χ0n) is 22.4. The Balaban J connectivity index is 1.94. The molecule has 0 bridgehead atoms. The van der Waals surface area contributed by atoms with Gasteiger partial charge in [-0.15, -0.1) is 0 Å². The lowest BCUT2D eigenvalue weighted by atomic mass is 9.44. The second-order valence-corrected chi connectivity index (χ2v) is 12.4. The highest BCUT2D eigenvalue weighted by atomic mass is 16.3. The van der Waals surface area contributed by atoms with Gasteiger partial charge in [0.2, 0.25) is 0 Å². The Morgan fingerprint density at radius 3 is 1.97 bits per heavy atom. The summed E-state index contributed by atoms with van der Waals surface area (Å²) in [5, 5.41) is 22.0. The van der Waals surface area contributed by atoms with Gasteiger partial charge in [0.15, 0.2) is 0 Å². The van der Waals surface area contributed by atoms with Gasteiger partial charge in [0.1, 0.15) is 0 Å². The number of allylic oxidation sites excluding steroid dienone is 6. The summed E-state index contributed by atoms with van der Waals surface area (Å²) in [6.07, 6.45) is 17.3. The summed E-state index contributed by atoms with van der Waals surface area (Å²) >= 11 is 0. The molecule has 0 spiro atoms. The molecule has 2 fully saturated rings. The highest BCUT2D eigenvalue weighted by Gasteiger charge is 2.59. The molecule has 0 aromatic carbocycles. The van der Waals surface area contributed by atoms with E-state index in [0.29, 0.717) is 11.8 Å². The summed E-state index contributed by atoms with van der Waals surface area (Å²) in [7, 11) is 0. The molecule has 0 aromatic rings. The third-order valence-corrected chi connectivity index (χ3v) is 9.07. The lowest BCUT2D eigenvalue weighted by Gasteiger charge is -2.62. The first-order chi connectivity index (χ1) is 14.8. The lowest BCUT2D eigenvalue weighted by Crippen LogP contribution is -2.60. The van der Waals surface area contributed by atoms with E-state index in [4.69, 9.17) is 0 Å². The molecule has 5 atom stereocenters. The van der Waals surface area contributed by atoms with Gasteiger partial charge in [-0.1, -0.05) is 55.7 Å². The second-order valence-electron chi connectivity index (χ2n) is 12.4. The maximum Gasteiger partial charge on any atom is 0.0653 e. The molecule has 184 valence electrons. The van der Waals surface area contributed by atoms with Crippen molar-refractivity contribution in [2.45, 2.75) is 131 Å². The van der Waals surface area contributed by atoms with Crippen LogP contribution in [0.25, 0.3) is 0 Å². The van der Waals surface area contributed by atoms with Crippen molar-refractivity contribution >= 4 is 0 Å². The molecule has 2 aliphatic carbocycles. The fourth-order valence-electron chi connectivity index (χ4n) is 6.99. The van der Waals surface area contributed by atoms with Gasteiger partial charge in [0.05, 0.1) is 11.7 Å². The Kier molecular flexibility index (Phi) is 9.45. The third kappa shape index (κ3) is 6.60. The van der Waals surface area contributed by atoms with E-state index < -0.39 is 5.60 Å². The van der Waals surface area contributed by atoms with Gasteiger partial charge in [-0.05, 0) is 121 Å². The molecule has 2 aliphatic rings. The summed E-state index contributed by atoms with van der Waals surface area (Å²) in [4.78, 5) is 0. The smallest absolute Gasteiger partial charge is 0.0653 e. The number of fused-ring (bicyclic) bond motifs is 1. The van der Waals surface area contributed by atoms with E-state index in [1.807, 2.05) is 0 Å². The summed E-state index contributed by atoms with van der Waals surface area (Å²) in [6.45, 7) is 17.8. The highest BCUT2D eigenvalue weighted by molar-refractivity contribution is 5.10. The first kappa shape index (κ1) is 27.4. The quantitative estimate of drug-likeness (QED) is 0.352. The van der Waals surface area contributed by atoms with Crippen LogP contribution in [0.5, 0.6) is 0 Å². The first-order valence-electron chi connectivity index (χ1n) is 13.2. The number of hydrogen-bond acceptors (Lipinski definition) is 2. The summed E-state index contributed by atoms with van der Waals surface area (Å²) in [5.74, 6) is 0.773. The molecule has 0 radical (unpaired) electrons. The van der Waals surface area contributed by atoms with Crippen molar-refractivity contribution < 1.29 is 10.2 Å². The van der Waals surface area contributed by atoms with Crippen LogP contribution in [0.1, 0.15) is 120 Å². The predicted molar refractivity (Wildman–Crippen MR) is 139 cm³/mol. The molecule has 1 unspecified atom stereocenters. The molecular formula is C30H52O2. The average molecular weight is 445 g/mol. The molecule has 0 aromatic heterocycles. The Bertz CT molecular complexity index is 704. The predicted octanol–water partition coefficient (Wildman–Crippen LogP) is 8.15. The summed E-state index contributed by atoms with van der Waals surface area (Å²) < 4.78 is 0. The van der Waals surface area contributed by atoms with Crippen LogP contribution in [0.2, 0.25) is 0 Å². The van der Waals surface area contributed by atoms with Gasteiger partial charge in [0, 0.05) is 0 Å². The molecule has 0 amide bonds. The molecule has 2 nitrogen and oxygen atoms in total. The Morgan fingerprint density at radius 1 is 0.812 bits per heavy atom. The zero-order chi connectivity index (χ0) is 24.2. The topological polar surface area (TPSA) is 40.5 Å². The third-order valence-electron chi connectivity index (χ3n) is 9.07. The van der Waals surface area contributed by atoms with Crippen LogP contribution in [0.4, 0.5) is 0 Å². The van der Waals surface area contributed by atoms with Crippen LogP contribution in [0.15, 0.2) is 34.9 Å². The minimum Gasteiger partial charge on any atom is -0.393 e. The largest absolute Gasteiger partial charge is 0.393 e. The monoisotopic (exact) mass is 444 g/mol. The molecule has 0 saturated heterocycles. The van der Waals surface area contributed by atoms with Gasteiger partial charge in [-0.3, -0.25) is 0 Å². The maximum absolute atomic E-state index is 11.4. The fraction of sp³-hybridized carbons (Fsp3) is 0.800. The van der Waals surface area contributed by atoms with E-state index in [1.54, 1.807) is 0 Å². The van der Waals surface area contributed by atoms with Crippen LogP contribution in [-0.4, -0.2) is 21.9 Å². The van der Waals surface area contributed by atoms with Crippen molar-refractivity contribution in [2.75, 3.05) is 0 Å². The van der Waals surface area contributed by atoms with Crippen molar-refractivity contribution in [3.63, 3.8) is 0 Å². The van der Waals surface area contributed by atoms with Crippen molar-refractivity contribution in [1.29, 1.82) is 0 Å². The molecule has 2 saturated carbocycles. The standard InChI is InChI=1S/C30H52O2/c1-22(2)12-9-13-23(3)14-10-15-24(4)16-11-17-26-29(7)20-19-27(31)28(5,6)25(29)18-21-30(26,8)32/h12,14,16,25-27,31-32H,9-11,13,15,17-21H2,1-8H3/b23-14+,24-16+/t25-,26+,27?,29-,30+/m0/s1. The van der Waals surface area contributed by atoms with Crippen LogP contribution in [0, 0.1) is 22.7 Å². The molecule has 2 N–H and O–H groups in total. The molecule has 2 heteroatoms. The van der Waals surface area contributed by atoms with Crippen molar-refractivity contribution in [2.24, 2.45) is 22.7 Å². The summed E-state index contributed by atoms with van der Waals surface area (Å²) in [5.41, 5.74) is 3.81. The minimum atomic E-state index is -0.601. The van der Waals surface area contributed by atoms with E-state index in [0.717, 1.165) is 64.2 Å². The number of aliphatic hydroxyl groups excluding tert-OH is 1. The second kappa shape index (κ2) is 11.0. The van der Waals surface area contributed by atoms with E-state index in [2.05, 4.69) is 73.6 Å². The summed E-state index contributed by atoms with van der Waals surface area (Å²) in [6, 6.07) is 0. The van der Waals surface area contributed by atoms with E-state index in [9.17, 15) is 10.2 Å². The van der Waals surface area contributed by atoms with Gasteiger partial charge in [-0.2, -0.15) is 0 Å². The maximum atomic E-state index is 11.4. The van der Waals surface area contributed by atoms with E-state index in [1.165, 1.54) is 16.7 Å². The van der Waals surface area contributed by atoms with Crippen LogP contribution < -0.4 is 0 Å². The van der Waals surface area contributed by atoms with Crippen molar-refractivity contribution in [1.82, 2.24) is 0 Å². The number of aliphatic hydroxyl groups is 2. The molecule has 32 heavy (non-hydrogen) atoms. The number of hydrogen-bond donors (Lipinski definition) is 2. The van der Waals surface area contributed by atoms with Crippen LogP contribution in [-0.2, 0) is 0 Å². The van der Waals surface area contributed by atoms with Crippen molar-refractivity contribution in [3.8, 4) is 0 Å². The first-order valence-corrected chi connectivity index (χ1v) is 13.2. The van der Waals surface area contributed by atoms with E-state index in [-0.39, 0.29) is 16.9 Å². The van der Waals surface area contributed by atoms with E-state index >= 15 is 0 Å². The molecule has 0 aliphatic heterocycles. The zero-order valence-corrected chi connectivity index (χ0v) is 22.4. The molecule has 0 heterocycles.